The van der Waals surface area contributed by atoms with E-state index in [4.69, 9.17) is 35.5 Å². The van der Waals surface area contributed by atoms with Crippen LogP contribution in [0.3, 0.4) is 0 Å². The molecule has 0 aliphatic carbocycles. The van der Waals surface area contributed by atoms with Crippen molar-refractivity contribution in [3.8, 4) is 0 Å². The Morgan fingerprint density at radius 2 is 1.05 bits per heavy atom. The Kier molecular flexibility index (Phi) is 24.9. The first-order valence-electron chi connectivity index (χ1n) is 3.88. The molecule has 0 unspecified atom stereocenters. The summed E-state index contributed by atoms with van der Waals surface area (Å²) in [6.07, 6.45) is -2.29. The smallest absolute Gasteiger partial charge is 0.907 e. The minimum absolute atomic E-state index is 0. The molecule has 0 aliphatic heterocycles. The third-order valence-corrected chi connectivity index (χ3v) is 1.29. The molecule has 0 fully saturated rings. The first-order valence-corrected chi connectivity index (χ1v) is 3.88. The van der Waals surface area contributed by atoms with Gasteiger partial charge < -0.3 is 35.5 Å². The molecule has 0 spiro atoms. The molecule has 4 N–H and O–H groups in total. The molecule has 0 bridgehead atoms. The van der Waals surface area contributed by atoms with Crippen molar-refractivity contribution in [1.29, 1.82) is 0 Å². The number of carboxylic acids is 3. The second kappa shape index (κ2) is 15.5. The molecule has 0 aromatic heterocycles. The number of carbonyl (C=O) groups is 3. The van der Waals surface area contributed by atoms with Crippen molar-refractivity contribution in [2.75, 3.05) is 0 Å². The summed E-state index contributed by atoms with van der Waals surface area (Å²) in [6, 6.07) is 0. The van der Waals surface area contributed by atoms with E-state index < -0.39 is 43.7 Å². The monoisotopic (exact) mass is 272 g/mol. The molecule has 0 saturated carbocycles. The quantitative estimate of drug-likeness (QED) is 0.348. The van der Waals surface area contributed by atoms with Crippen LogP contribution in [0.5, 0.6) is 0 Å². The number of rotatable bonds is 5. The van der Waals surface area contributed by atoms with Gasteiger partial charge in [0.25, 0.3) is 0 Å². The van der Waals surface area contributed by atoms with Gasteiger partial charge in [0.2, 0.25) is 0 Å². The SMILES string of the molecule is O=C(O)CC(O)(CC(=O)O)C(=O)O.[Li+].[Li+].[Li+].[O-]B([O-])[O-]. The molecule has 0 saturated heterocycles. The minimum Gasteiger partial charge on any atom is -0.907 e. The molecule has 20 heavy (non-hydrogen) atoms. The summed E-state index contributed by atoms with van der Waals surface area (Å²) in [6.45, 7) is 0. The maximum absolute atomic E-state index is 10.3. The topological polar surface area (TPSA) is 201 Å². The van der Waals surface area contributed by atoms with Gasteiger partial charge in [0.15, 0.2) is 5.60 Å². The maximum atomic E-state index is 10.3. The fraction of sp³-hybridized carbons (Fsp3) is 0.500. The van der Waals surface area contributed by atoms with E-state index >= 15 is 0 Å². The zero-order valence-corrected chi connectivity index (χ0v) is 11.2. The van der Waals surface area contributed by atoms with Crippen LogP contribution in [-0.2, 0) is 14.4 Å². The molecule has 0 atom stereocenters. The molecule has 0 radical (unpaired) electrons. The van der Waals surface area contributed by atoms with Crippen molar-refractivity contribution in [3.63, 3.8) is 0 Å². The van der Waals surface area contributed by atoms with E-state index in [0.29, 0.717) is 0 Å². The number of hydrogen-bond donors (Lipinski definition) is 4. The summed E-state index contributed by atoms with van der Waals surface area (Å²) in [5.74, 6) is -5.02. The third kappa shape index (κ3) is 20.4. The molecule has 0 aromatic rings. The number of aliphatic carboxylic acids is 3. The van der Waals surface area contributed by atoms with Gasteiger partial charge in [0.05, 0.1) is 12.8 Å². The fourth-order valence-corrected chi connectivity index (χ4v) is 0.714. The Labute approximate surface area is 149 Å². The number of carboxylic acid groups (broad SMARTS) is 3. The van der Waals surface area contributed by atoms with Crippen LogP contribution >= 0.6 is 0 Å². The molecular weight excluding hydrogens is 264 g/mol. The Bertz CT molecular complexity index is 280. The van der Waals surface area contributed by atoms with Gasteiger partial charge in [0.1, 0.15) is 0 Å². The van der Waals surface area contributed by atoms with Crippen molar-refractivity contribution >= 4 is 25.2 Å². The van der Waals surface area contributed by atoms with Gasteiger partial charge in [0, 0.05) is 0 Å². The molecule has 0 heterocycles. The van der Waals surface area contributed by atoms with Crippen LogP contribution in [0.4, 0.5) is 0 Å². The maximum Gasteiger partial charge on any atom is 1.00 e. The predicted molar refractivity (Wildman–Crippen MR) is 42.8 cm³/mol. The van der Waals surface area contributed by atoms with Crippen LogP contribution in [0.25, 0.3) is 0 Å². The minimum atomic E-state index is -2.92. The second-order valence-corrected chi connectivity index (χ2v) is 2.77. The van der Waals surface area contributed by atoms with Crippen molar-refractivity contribution in [1.82, 2.24) is 0 Å². The zero-order valence-electron chi connectivity index (χ0n) is 11.2. The van der Waals surface area contributed by atoms with E-state index in [1.54, 1.807) is 0 Å². The largest absolute Gasteiger partial charge is 1.00 e. The van der Waals surface area contributed by atoms with Crippen LogP contribution in [-0.4, -0.2) is 51.3 Å². The summed E-state index contributed by atoms with van der Waals surface area (Å²) in [5.41, 5.74) is -2.74. The first kappa shape index (κ1) is 32.2. The molecular formula is C6H8BLi3O10. The van der Waals surface area contributed by atoms with Gasteiger partial charge >= 0.3 is 74.5 Å². The number of aliphatic hydroxyl groups is 1. The average molecular weight is 272 g/mol. The van der Waals surface area contributed by atoms with E-state index in [-0.39, 0.29) is 56.6 Å². The fourth-order valence-electron chi connectivity index (χ4n) is 0.714. The van der Waals surface area contributed by atoms with Gasteiger partial charge in [-0.1, -0.05) is 0 Å². The van der Waals surface area contributed by atoms with Crippen molar-refractivity contribution < 1.29 is 106 Å². The molecule has 0 rings (SSSR count). The Morgan fingerprint density at radius 3 is 1.15 bits per heavy atom. The summed E-state index contributed by atoms with van der Waals surface area (Å²) in [7, 11) is -2.92. The van der Waals surface area contributed by atoms with E-state index in [1.165, 1.54) is 0 Å². The van der Waals surface area contributed by atoms with E-state index in [0.717, 1.165) is 0 Å². The van der Waals surface area contributed by atoms with Gasteiger partial charge in [-0.05, 0) is 0 Å². The predicted octanol–water partition coefficient (Wildman–Crippen LogP) is -14.2. The number of hydrogen-bond acceptors (Lipinski definition) is 7. The van der Waals surface area contributed by atoms with Crippen molar-refractivity contribution in [2.45, 2.75) is 18.4 Å². The van der Waals surface area contributed by atoms with Crippen molar-refractivity contribution in [3.05, 3.63) is 0 Å². The Morgan fingerprint density at radius 1 is 0.850 bits per heavy atom. The summed E-state index contributed by atoms with van der Waals surface area (Å²) in [5, 5.41) is 59.1. The van der Waals surface area contributed by atoms with Gasteiger partial charge in [-0.25, -0.2) is 4.79 Å². The molecule has 0 aromatic carbocycles. The third-order valence-electron chi connectivity index (χ3n) is 1.29. The van der Waals surface area contributed by atoms with Gasteiger partial charge in [-0.2, -0.15) is 0 Å². The van der Waals surface area contributed by atoms with Gasteiger partial charge in [-0.3, -0.25) is 16.9 Å². The average Bonchev–Trinajstić information content (AvgIpc) is 1.98. The summed E-state index contributed by atoms with van der Waals surface area (Å²) >= 11 is 0. The second-order valence-electron chi connectivity index (χ2n) is 2.77. The molecule has 14 heteroatoms. The van der Waals surface area contributed by atoms with Crippen LogP contribution < -0.4 is 71.7 Å². The molecule has 0 amide bonds. The van der Waals surface area contributed by atoms with Gasteiger partial charge in [-0.15, -0.1) is 0 Å². The summed E-state index contributed by atoms with van der Waals surface area (Å²) < 4.78 is 0. The molecule has 10 nitrogen and oxygen atoms in total. The van der Waals surface area contributed by atoms with Crippen LogP contribution in [0.2, 0.25) is 0 Å². The zero-order chi connectivity index (χ0) is 14.2. The molecule has 98 valence electrons. The van der Waals surface area contributed by atoms with E-state index in [2.05, 4.69) is 0 Å². The first-order chi connectivity index (χ1) is 7.51. The Hall–Kier alpha value is 0.107. The normalized spacial score (nSPS) is 8.40. The van der Waals surface area contributed by atoms with E-state index in [1.807, 2.05) is 0 Å². The molecule has 0 aliphatic rings. The van der Waals surface area contributed by atoms with Crippen molar-refractivity contribution in [2.24, 2.45) is 0 Å². The van der Waals surface area contributed by atoms with Crippen LogP contribution in [0.1, 0.15) is 12.8 Å². The Balaban J connectivity index is -0.0000000951. The van der Waals surface area contributed by atoms with Crippen LogP contribution in [0.15, 0.2) is 0 Å². The standard InChI is InChI=1S/C6H8O7.BO3.3Li/c7-3(8)1-6(13,5(11)12)2-4(9)10;2-1(3)4;;;/h13H,1-2H2,(H,7,8)(H,9,10)(H,11,12);;;;/q;-3;3*+1. The summed E-state index contributed by atoms with van der Waals surface area (Å²) in [4.78, 5) is 30.5. The van der Waals surface area contributed by atoms with E-state index in [9.17, 15) is 14.4 Å². The van der Waals surface area contributed by atoms with Crippen LogP contribution in [0, 0.1) is 0 Å².